The lowest BCUT2D eigenvalue weighted by atomic mass is 10.0. The first-order valence-electron chi connectivity index (χ1n) is 7.20. The van der Waals surface area contributed by atoms with Crippen molar-refractivity contribution in [1.82, 2.24) is 9.97 Å². The van der Waals surface area contributed by atoms with Crippen LogP contribution in [0.2, 0.25) is 5.02 Å². The normalized spacial score (nSPS) is 11.0. The van der Waals surface area contributed by atoms with Gasteiger partial charge in [-0.15, -0.1) is 0 Å². The van der Waals surface area contributed by atoms with Gasteiger partial charge >= 0.3 is 0 Å². The van der Waals surface area contributed by atoms with Crippen molar-refractivity contribution in [2.75, 3.05) is 0 Å². The zero-order valence-electron chi connectivity index (χ0n) is 12.1. The number of aromatic amines is 1. The van der Waals surface area contributed by atoms with Crippen LogP contribution in [0.1, 0.15) is 0 Å². The summed E-state index contributed by atoms with van der Waals surface area (Å²) in [5.74, 6) is -0.246. The molecule has 0 spiro atoms. The number of benzene rings is 2. The van der Waals surface area contributed by atoms with Crippen LogP contribution in [0.4, 0.5) is 4.39 Å². The molecular weight excluding hydrogens is 311 g/mol. The smallest absolute Gasteiger partial charge is 0.123 e. The molecular formula is C19H12ClFN2. The van der Waals surface area contributed by atoms with Gasteiger partial charge in [0.15, 0.2) is 0 Å². The number of nitrogens with one attached hydrogen (secondary N) is 1. The highest BCUT2D eigenvalue weighted by atomic mass is 35.5. The Bertz CT molecular complexity index is 990. The zero-order valence-corrected chi connectivity index (χ0v) is 12.8. The van der Waals surface area contributed by atoms with Gasteiger partial charge in [0.2, 0.25) is 0 Å². The molecule has 112 valence electrons. The fourth-order valence-electron chi connectivity index (χ4n) is 2.78. The van der Waals surface area contributed by atoms with Crippen LogP contribution in [0.25, 0.3) is 33.3 Å². The van der Waals surface area contributed by atoms with Crippen molar-refractivity contribution in [1.29, 1.82) is 0 Å². The lowest BCUT2D eigenvalue weighted by Gasteiger charge is -2.04. The average molecular weight is 323 g/mol. The van der Waals surface area contributed by atoms with Gasteiger partial charge < -0.3 is 4.98 Å². The van der Waals surface area contributed by atoms with E-state index in [2.05, 4.69) is 9.97 Å². The molecule has 0 fully saturated rings. The maximum atomic E-state index is 13.5. The van der Waals surface area contributed by atoms with E-state index in [9.17, 15) is 4.39 Å². The van der Waals surface area contributed by atoms with Gasteiger partial charge in [-0.3, -0.25) is 4.98 Å². The van der Waals surface area contributed by atoms with E-state index >= 15 is 0 Å². The summed E-state index contributed by atoms with van der Waals surface area (Å²) in [5.41, 5.74) is 4.55. The number of rotatable bonds is 2. The zero-order chi connectivity index (χ0) is 15.8. The fraction of sp³-hybridized carbons (Fsp3) is 0. The molecule has 23 heavy (non-hydrogen) atoms. The van der Waals surface area contributed by atoms with Crippen molar-refractivity contribution in [3.8, 4) is 22.4 Å². The second-order valence-electron chi connectivity index (χ2n) is 5.30. The predicted octanol–water partition coefficient (Wildman–Crippen LogP) is 5.69. The molecule has 0 radical (unpaired) electrons. The van der Waals surface area contributed by atoms with Crippen molar-refractivity contribution in [2.24, 2.45) is 0 Å². The number of pyridine rings is 1. The molecule has 0 saturated carbocycles. The van der Waals surface area contributed by atoms with Crippen molar-refractivity contribution in [3.63, 3.8) is 0 Å². The minimum Gasteiger partial charge on any atom is -0.359 e. The molecule has 4 heteroatoms. The van der Waals surface area contributed by atoms with E-state index in [4.69, 9.17) is 11.6 Å². The molecule has 0 atom stereocenters. The Morgan fingerprint density at radius 1 is 0.957 bits per heavy atom. The molecule has 0 aliphatic carbocycles. The minimum atomic E-state index is -0.246. The van der Waals surface area contributed by atoms with Crippen molar-refractivity contribution < 1.29 is 4.39 Å². The van der Waals surface area contributed by atoms with Crippen LogP contribution < -0.4 is 0 Å². The highest BCUT2D eigenvalue weighted by molar-refractivity contribution is 6.30. The summed E-state index contributed by atoms with van der Waals surface area (Å²) in [7, 11) is 0. The van der Waals surface area contributed by atoms with Gasteiger partial charge in [-0.05, 0) is 35.9 Å². The maximum Gasteiger partial charge on any atom is 0.123 e. The second-order valence-corrected chi connectivity index (χ2v) is 5.74. The Balaban J connectivity index is 1.91. The topological polar surface area (TPSA) is 28.7 Å². The summed E-state index contributed by atoms with van der Waals surface area (Å²) in [6, 6.07) is 16.1. The van der Waals surface area contributed by atoms with Crippen molar-refractivity contribution in [3.05, 3.63) is 77.8 Å². The third kappa shape index (κ3) is 2.49. The Morgan fingerprint density at radius 2 is 1.78 bits per heavy atom. The van der Waals surface area contributed by atoms with Gasteiger partial charge in [-0.25, -0.2) is 4.39 Å². The van der Waals surface area contributed by atoms with Gasteiger partial charge in [-0.2, -0.15) is 0 Å². The standard InChI is InChI=1S/C19H12ClFN2/c20-14-6-4-12(5-7-14)18-19-16(8-9-22-18)17(11-23-19)13-2-1-3-15(21)10-13/h1-11,23H. The number of hydrogen-bond donors (Lipinski definition) is 1. The van der Waals surface area contributed by atoms with Crippen LogP contribution in [0.3, 0.4) is 0 Å². The van der Waals surface area contributed by atoms with E-state index in [0.717, 1.165) is 33.3 Å². The molecule has 2 heterocycles. The van der Waals surface area contributed by atoms with Crippen LogP contribution in [0, 0.1) is 5.82 Å². The number of nitrogens with zero attached hydrogens (tertiary/aromatic N) is 1. The molecule has 4 aromatic rings. The Labute approximate surface area is 137 Å². The van der Waals surface area contributed by atoms with Gasteiger partial charge in [0.1, 0.15) is 5.82 Å². The Morgan fingerprint density at radius 3 is 2.57 bits per heavy atom. The van der Waals surface area contributed by atoms with E-state index in [0.29, 0.717) is 5.02 Å². The van der Waals surface area contributed by atoms with E-state index < -0.39 is 0 Å². The van der Waals surface area contributed by atoms with Crippen LogP contribution >= 0.6 is 11.6 Å². The molecule has 4 rings (SSSR count). The molecule has 2 aromatic carbocycles. The Kier molecular flexibility index (Phi) is 3.36. The van der Waals surface area contributed by atoms with Crippen LogP contribution in [-0.4, -0.2) is 9.97 Å². The van der Waals surface area contributed by atoms with E-state index in [1.54, 1.807) is 12.3 Å². The fourth-order valence-corrected chi connectivity index (χ4v) is 2.90. The first-order valence-corrected chi connectivity index (χ1v) is 7.58. The maximum absolute atomic E-state index is 13.5. The summed E-state index contributed by atoms with van der Waals surface area (Å²) in [6.45, 7) is 0. The van der Waals surface area contributed by atoms with Crippen LogP contribution in [0.15, 0.2) is 67.0 Å². The highest BCUT2D eigenvalue weighted by Gasteiger charge is 2.12. The predicted molar refractivity (Wildman–Crippen MR) is 91.9 cm³/mol. The average Bonchev–Trinajstić information content (AvgIpc) is 3.00. The first-order chi connectivity index (χ1) is 11.2. The Hall–Kier alpha value is -2.65. The van der Waals surface area contributed by atoms with E-state index in [1.807, 2.05) is 42.6 Å². The molecule has 1 N–H and O–H groups in total. The molecule has 0 unspecified atom stereocenters. The van der Waals surface area contributed by atoms with E-state index in [1.165, 1.54) is 12.1 Å². The minimum absolute atomic E-state index is 0.246. The number of hydrogen-bond acceptors (Lipinski definition) is 1. The van der Waals surface area contributed by atoms with Crippen molar-refractivity contribution >= 4 is 22.5 Å². The molecule has 0 aliphatic heterocycles. The molecule has 2 nitrogen and oxygen atoms in total. The molecule has 0 bridgehead atoms. The first kappa shape index (κ1) is 14.0. The van der Waals surface area contributed by atoms with Gasteiger partial charge in [0.25, 0.3) is 0 Å². The largest absolute Gasteiger partial charge is 0.359 e. The summed E-state index contributed by atoms with van der Waals surface area (Å²) >= 11 is 5.95. The lowest BCUT2D eigenvalue weighted by Crippen LogP contribution is -1.85. The molecule has 0 aliphatic rings. The SMILES string of the molecule is Fc1cccc(-c2c[nH]c3c(-c4ccc(Cl)cc4)nccc23)c1. The third-order valence-corrected chi connectivity index (χ3v) is 4.11. The summed E-state index contributed by atoms with van der Waals surface area (Å²) in [5, 5.41) is 1.70. The number of halogens is 2. The number of H-pyrrole nitrogens is 1. The second kappa shape index (κ2) is 5.52. The van der Waals surface area contributed by atoms with Gasteiger partial charge in [0, 0.05) is 33.9 Å². The monoisotopic (exact) mass is 322 g/mol. The number of fused-ring (bicyclic) bond motifs is 1. The molecule has 0 amide bonds. The third-order valence-electron chi connectivity index (χ3n) is 3.86. The lowest BCUT2D eigenvalue weighted by molar-refractivity contribution is 0.628. The molecule has 0 saturated heterocycles. The van der Waals surface area contributed by atoms with Crippen molar-refractivity contribution in [2.45, 2.75) is 0 Å². The van der Waals surface area contributed by atoms with E-state index in [-0.39, 0.29) is 5.82 Å². The summed E-state index contributed by atoms with van der Waals surface area (Å²) in [6.07, 6.45) is 3.66. The van der Waals surface area contributed by atoms with Gasteiger partial charge in [-0.1, -0.05) is 35.9 Å². The van der Waals surface area contributed by atoms with Crippen LogP contribution in [0.5, 0.6) is 0 Å². The number of aromatic nitrogens is 2. The summed E-state index contributed by atoms with van der Waals surface area (Å²) in [4.78, 5) is 7.75. The summed E-state index contributed by atoms with van der Waals surface area (Å²) < 4.78 is 13.5. The van der Waals surface area contributed by atoms with Crippen LogP contribution in [-0.2, 0) is 0 Å². The molecule has 2 aromatic heterocycles. The quantitative estimate of drug-likeness (QED) is 0.504. The highest BCUT2D eigenvalue weighted by Crippen LogP contribution is 2.33. The van der Waals surface area contributed by atoms with Gasteiger partial charge in [0.05, 0.1) is 11.2 Å².